The van der Waals surface area contributed by atoms with Crippen LogP contribution in [0.15, 0.2) is 82.3 Å². The van der Waals surface area contributed by atoms with Gasteiger partial charge in [0.15, 0.2) is 14.0 Å². The number of benzene rings is 2. The number of carbonyl (C=O) groups is 1. The summed E-state index contributed by atoms with van der Waals surface area (Å²) in [6, 6.07) is 10.3. The van der Waals surface area contributed by atoms with Crippen molar-refractivity contribution in [3.8, 4) is 0 Å². The number of rotatable bonds is 16. The fourth-order valence-electron chi connectivity index (χ4n) is 6.96. The molecule has 0 fully saturated rings. The molecule has 2 aromatic carbocycles. The van der Waals surface area contributed by atoms with Crippen molar-refractivity contribution < 1.29 is 44.8 Å². The molecule has 0 amide bonds. The normalized spacial score (nSPS) is 18.0. The topological polar surface area (TPSA) is 162 Å². The van der Waals surface area contributed by atoms with E-state index in [0.717, 1.165) is 59.2 Å². The lowest BCUT2D eigenvalue weighted by Crippen LogP contribution is -2.30. The number of hydrogen-bond acceptors (Lipinski definition) is 7. The first-order valence-corrected chi connectivity index (χ1v) is 23.1. The van der Waals surface area contributed by atoms with Crippen molar-refractivity contribution >= 4 is 51.6 Å². The SMILES string of the molecule is CO[Si](C)(C)CCC[N+]1=C(C=CC=CC=C2N(CCCCCC(=O)O)c3ccc(S(=O)(=O)O)cc3C2(C)C)C(C)(C)c2cc(S(=O)(=O)O)ccc21. The van der Waals surface area contributed by atoms with E-state index in [0.29, 0.717) is 19.5 Å². The molecular formula is C37H51N2O9S2Si+. The summed E-state index contributed by atoms with van der Waals surface area (Å²) in [5, 5.41) is 9.03. The second kappa shape index (κ2) is 15.3. The minimum atomic E-state index is -4.40. The lowest BCUT2D eigenvalue weighted by molar-refractivity contribution is -0.437. The first-order valence-electron chi connectivity index (χ1n) is 17.1. The maximum atomic E-state index is 12.0. The number of carboxylic acid groups (broad SMARTS) is 1. The highest BCUT2D eigenvalue weighted by Gasteiger charge is 2.45. The number of allylic oxidation sites excluding steroid dienone is 6. The minimum absolute atomic E-state index is 0.102. The van der Waals surface area contributed by atoms with Crippen LogP contribution in [0.25, 0.3) is 0 Å². The lowest BCUT2D eigenvalue weighted by atomic mass is 9.81. The molecule has 4 rings (SSSR count). The predicted octanol–water partition coefficient (Wildman–Crippen LogP) is 7.24. The Bertz CT molecular complexity index is 2010. The molecule has 11 nitrogen and oxygen atoms in total. The van der Waals surface area contributed by atoms with Crippen LogP contribution >= 0.6 is 0 Å². The summed E-state index contributed by atoms with van der Waals surface area (Å²) in [6.45, 7) is 13.7. The summed E-state index contributed by atoms with van der Waals surface area (Å²) in [5.41, 5.74) is 4.04. The summed E-state index contributed by atoms with van der Waals surface area (Å²) >= 11 is 0. The van der Waals surface area contributed by atoms with Gasteiger partial charge >= 0.3 is 5.97 Å². The van der Waals surface area contributed by atoms with Crippen LogP contribution in [-0.4, -0.2) is 75.8 Å². The second-order valence-corrected chi connectivity index (χ2v) is 22.1. The zero-order valence-electron chi connectivity index (χ0n) is 30.5. The van der Waals surface area contributed by atoms with E-state index in [1.54, 1.807) is 25.3 Å². The number of nitrogens with zero attached hydrogens (tertiary/aromatic N) is 2. The first kappa shape index (κ1) is 40.4. The molecule has 0 bridgehead atoms. The number of fused-ring (bicyclic) bond motifs is 2. The Morgan fingerprint density at radius 3 is 2.10 bits per heavy atom. The Kier molecular flexibility index (Phi) is 12.1. The third kappa shape index (κ3) is 9.16. The van der Waals surface area contributed by atoms with Gasteiger partial charge in [-0.05, 0) is 87.8 Å². The number of hydrogen-bond donors (Lipinski definition) is 3. The monoisotopic (exact) mass is 759 g/mol. The van der Waals surface area contributed by atoms with Crippen molar-refractivity contribution in [1.82, 2.24) is 0 Å². The molecule has 0 radical (unpaired) electrons. The predicted molar refractivity (Wildman–Crippen MR) is 202 cm³/mol. The van der Waals surface area contributed by atoms with E-state index in [1.165, 1.54) is 18.2 Å². The molecule has 0 saturated carbocycles. The van der Waals surface area contributed by atoms with E-state index >= 15 is 0 Å². The molecule has 2 heterocycles. The van der Waals surface area contributed by atoms with Gasteiger partial charge in [-0.1, -0.05) is 38.5 Å². The van der Waals surface area contributed by atoms with Crippen molar-refractivity contribution in [2.75, 3.05) is 25.1 Å². The zero-order valence-corrected chi connectivity index (χ0v) is 33.1. The molecule has 2 aliphatic rings. The fourth-order valence-corrected chi connectivity index (χ4v) is 9.18. The molecule has 2 aromatic rings. The lowest BCUT2D eigenvalue weighted by Gasteiger charge is -2.27. The molecule has 0 unspecified atom stereocenters. The van der Waals surface area contributed by atoms with Crippen molar-refractivity contribution in [3.63, 3.8) is 0 Å². The average Bonchev–Trinajstić information content (AvgIpc) is 3.37. The molecule has 51 heavy (non-hydrogen) atoms. The third-order valence-electron chi connectivity index (χ3n) is 10.0. The summed E-state index contributed by atoms with van der Waals surface area (Å²) in [7, 11) is -8.84. The van der Waals surface area contributed by atoms with Crippen LogP contribution in [0.2, 0.25) is 19.1 Å². The summed E-state index contributed by atoms with van der Waals surface area (Å²) in [4.78, 5) is 12.8. The Balaban J connectivity index is 1.68. The second-order valence-electron chi connectivity index (χ2n) is 14.8. The fraction of sp³-hybridized carbons (Fsp3) is 0.459. The Hall–Kier alpha value is -3.40. The molecule has 3 N–H and O–H groups in total. The molecule has 0 atom stereocenters. The van der Waals surface area contributed by atoms with Crippen LogP contribution in [0.5, 0.6) is 0 Å². The van der Waals surface area contributed by atoms with Gasteiger partial charge in [-0.25, -0.2) is 0 Å². The van der Waals surface area contributed by atoms with Crippen molar-refractivity contribution in [2.45, 2.75) is 99.6 Å². The Morgan fingerprint density at radius 2 is 1.49 bits per heavy atom. The number of carboxylic acids is 1. The van der Waals surface area contributed by atoms with Gasteiger partial charge in [-0.15, -0.1) is 0 Å². The maximum absolute atomic E-state index is 12.0. The maximum Gasteiger partial charge on any atom is 0.303 e. The highest BCUT2D eigenvalue weighted by Crippen LogP contribution is 2.48. The smallest absolute Gasteiger partial charge is 0.303 e. The van der Waals surface area contributed by atoms with E-state index < -0.39 is 45.4 Å². The van der Waals surface area contributed by atoms with Gasteiger partial charge in [0.2, 0.25) is 5.69 Å². The number of aliphatic carboxylic acids is 1. The van der Waals surface area contributed by atoms with Gasteiger partial charge in [-0.2, -0.15) is 21.4 Å². The molecule has 2 aliphatic heterocycles. The van der Waals surface area contributed by atoms with Crippen LogP contribution in [0.1, 0.15) is 70.9 Å². The summed E-state index contributed by atoms with van der Waals surface area (Å²) in [5.74, 6) is -0.829. The molecule has 0 saturated heterocycles. The van der Waals surface area contributed by atoms with Gasteiger partial charge in [0.25, 0.3) is 20.2 Å². The van der Waals surface area contributed by atoms with Crippen LogP contribution in [0, 0.1) is 0 Å². The highest BCUT2D eigenvalue weighted by molar-refractivity contribution is 7.86. The first-order chi connectivity index (χ1) is 23.6. The Labute approximate surface area is 303 Å². The Morgan fingerprint density at radius 1 is 0.863 bits per heavy atom. The molecule has 0 spiro atoms. The molecule has 14 heteroatoms. The number of anilines is 1. The van der Waals surface area contributed by atoms with E-state index in [1.807, 2.05) is 58.1 Å². The van der Waals surface area contributed by atoms with E-state index in [9.17, 15) is 30.7 Å². The van der Waals surface area contributed by atoms with Crippen molar-refractivity contribution in [3.05, 3.63) is 83.6 Å². The van der Waals surface area contributed by atoms with E-state index in [4.69, 9.17) is 9.53 Å². The van der Waals surface area contributed by atoms with Gasteiger partial charge in [0.05, 0.1) is 15.2 Å². The zero-order chi connectivity index (χ0) is 38.0. The van der Waals surface area contributed by atoms with E-state index in [-0.39, 0.29) is 16.2 Å². The van der Waals surface area contributed by atoms with Crippen molar-refractivity contribution in [1.29, 1.82) is 0 Å². The summed E-state index contributed by atoms with van der Waals surface area (Å²) < 4.78 is 75.5. The van der Waals surface area contributed by atoms with Gasteiger partial charge in [0, 0.05) is 61.0 Å². The average molecular weight is 760 g/mol. The van der Waals surface area contributed by atoms with Crippen LogP contribution in [0.3, 0.4) is 0 Å². The molecule has 0 aromatic heterocycles. The number of unbranched alkanes of at least 4 members (excludes halogenated alkanes) is 2. The minimum Gasteiger partial charge on any atom is -0.481 e. The van der Waals surface area contributed by atoms with Gasteiger partial charge < -0.3 is 14.4 Å². The molecule has 0 aliphatic carbocycles. The summed E-state index contributed by atoms with van der Waals surface area (Å²) in [6.07, 6.45) is 12.8. The van der Waals surface area contributed by atoms with Gasteiger partial charge in [0.1, 0.15) is 6.54 Å². The highest BCUT2D eigenvalue weighted by atomic mass is 32.2. The van der Waals surface area contributed by atoms with Crippen molar-refractivity contribution in [2.24, 2.45) is 0 Å². The van der Waals surface area contributed by atoms with Crippen LogP contribution < -0.4 is 4.90 Å². The molecule has 278 valence electrons. The van der Waals surface area contributed by atoms with Crippen LogP contribution in [0.4, 0.5) is 11.4 Å². The third-order valence-corrected chi connectivity index (χ3v) is 14.4. The molecular weight excluding hydrogens is 709 g/mol. The standard InChI is InChI=1S/C37H50N2O9S2Si/c1-36(2)29-25-27(49(42,43)44)18-20-31(29)38(22-13-9-12-17-35(40)41)33(36)15-10-8-11-16-34-37(3,4)30-26-28(50(45,46)47)19-21-32(30)39(34)23-14-24-51(6,7)48-5/h8,10-11,15-16,18-21,25-26H,9,12-14,17,22-24H2,1-7H3,(H2-,40,41,42,43,44,45,46,47)/p+1. The quantitative estimate of drug-likeness (QED) is 0.0523. The largest absolute Gasteiger partial charge is 0.481 e. The van der Waals surface area contributed by atoms with Crippen LogP contribution in [-0.2, 0) is 40.3 Å². The van der Waals surface area contributed by atoms with Gasteiger partial charge in [-0.3, -0.25) is 13.9 Å². The van der Waals surface area contributed by atoms with E-state index in [2.05, 4.69) is 22.6 Å².